The Morgan fingerprint density at radius 2 is 2.04 bits per heavy atom. The van der Waals surface area contributed by atoms with E-state index in [1.807, 2.05) is 11.0 Å². The number of piperidine rings is 1. The molecule has 2 aromatic heterocycles. The summed E-state index contributed by atoms with van der Waals surface area (Å²) < 4.78 is 10.5. The molecule has 2 atom stereocenters. The van der Waals surface area contributed by atoms with Crippen LogP contribution in [0, 0.1) is 13.8 Å². The van der Waals surface area contributed by atoms with Gasteiger partial charge in [0.1, 0.15) is 11.3 Å². The van der Waals surface area contributed by atoms with Crippen molar-refractivity contribution in [2.45, 2.75) is 57.2 Å². The maximum atomic E-state index is 13.1. The summed E-state index contributed by atoms with van der Waals surface area (Å²) >= 11 is 0. The molecule has 2 bridgehead atoms. The fraction of sp³-hybridized carbons (Fsp3) is 0.526. The van der Waals surface area contributed by atoms with Gasteiger partial charge in [0.05, 0.1) is 18.4 Å². The first kappa shape index (κ1) is 17.0. The van der Waals surface area contributed by atoms with Gasteiger partial charge in [-0.15, -0.1) is 0 Å². The van der Waals surface area contributed by atoms with Crippen molar-refractivity contribution in [1.82, 2.24) is 15.0 Å². The van der Waals surface area contributed by atoms with E-state index in [1.165, 1.54) is 0 Å². The van der Waals surface area contributed by atoms with Crippen LogP contribution in [-0.2, 0) is 5.60 Å². The van der Waals surface area contributed by atoms with E-state index < -0.39 is 5.60 Å². The first-order chi connectivity index (χ1) is 12.4. The lowest BCUT2D eigenvalue weighted by Gasteiger charge is -2.44. The molecular formula is C19H23N3O4. The van der Waals surface area contributed by atoms with E-state index in [0.717, 1.165) is 12.8 Å². The number of nitrogens with zero attached hydrogens (tertiary/aromatic N) is 3. The van der Waals surface area contributed by atoms with Crippen LogP contribution >= 0.6 is 0 Å². The van der Waals surface area contributed by atoms with Crippen LogP contribution in [-0.4, -0.2) is 45.2 Å². The van der Waals surface area contributed by atoms with Crippen LogP contribution in [0.3, 0.4) is 0 Å². The topological polar surface area (TPSA) is 88.7 Å². The Hall–Kier alpha value is -2.41. The van der Waals surface area contributed by atoms with Gasteiger partial charge in [0.15, 0.2) is 0 Å². The van der Waals surface area contributed by atoms with Crippen LogP contribution in [0.2, 0.25) is 0 Å². The molecule has 4 heterocycles. The van der Waals surface area contributed by atoms with E-state index in [2.05, 4.69) is 10.1 Å². The smallest absolute Gasteiger partial charge is 0.259 e. The molecule has 0 aromatic carbocycles. The molecule has 26 heavy (non-hydrogen) atoms. The number of fused-ring (bicyclic) bond motifs is 2. The van der Waals surface area contributed by atoms with Crippen LogP contribution in [0.4, 0.5) is 0 Å². The highest BCUT2D eigenvalue weighted by atomic mass is 16.5. The summed E-state index contributed by atoms with van der Waals surface area (Å²) in [5.74, 6) is 0.940. The van der Waals surface area contributed by atoms with Crippen LogP contribution in [0.1, 0.15) is 53.1 Å². The minimum absolute atomic E-state index is 0.0233. The van der Waals surface area contributed by atoms with E-state index in [0.29, 0.717) is 41.3 Å². The molecule has 0 radical (unpaired) electrons. The minimum atomic E-state index is -1.04. The molecule has 2 saturated heterocycles. The Labute approximate surface area is 152 Å². The van der Waals surface area contributed by atoms with Gasteiger partial charge < -0.3 is 19.3 Å². The number of aromatic nitrogens is 2. The molecule has 0 spiro atoms. The molecular weight excluding hydrogens is 334 g/mol. The minimum Gasteiger partial charge on any atom is -0.481 e. The van der Waals surface area contributed by atoms with Crippen LogP contribution in [0.5, 0.6) is 5.88 Å². The number of carbonyl (C=O) groups excluding carboxylic acids is 1. The fourth-order valence-corrected chi connectivity index (χ4v) is 4.60. The number of aliphatic hydroxyl groups is 1. The number of methoxy groups -OCH3 is 1. The second kappa shape index (κ2) is 6.09. The summed E-state index contributed by atoms with van der Waals surface area (Å²) in [7, 11) is 1.56. The lowest BCUT2D eigenvalue weighted by molar-refractivity contribution is -0.0494. The molecule has 7 heteroatoms. The average Bonchev–Trinajstić information content (AvgIpc) is 3.11. The number of pyridine rings is 1. The third kappa shape index (κ3) is 2.49. The Balaban J connectivity index is 1.65. The zero-order valence-corrected chi connectivity index (χ0v) is 15.2. The number of aryl methyl sites for hydroxylation is 2. The first-order valence-electron chi connectivity index (χ1n) is 8.92. The number of hydrogen-bond donors (Lipinski definition) is 1. The van der Waals surface area contributed by atoms with E-state index in [-0.39, 0.29) is 18.0 Å². The lowest BCUT2D eigenvalue weighted by Crippen LogP contribution is -2.52. The summed E-state index contributed by atoms with van der Waals surface area (Å²) in [5, 5.41) is 15.3. The SMILES string of the molecule is COc1ncccc1C1(O)C[C@H]2CC[C@H](C1)N2C(=O)c1c(C)noc1C. The van der Waals surface area contributed by atoms with Crippen LogP contribution in [0.25, 0.3) is 0 Å². The van der Waals surface area contributed by atoms with Gasteiger partial charge in [-0.1, -0.05) is 5.16 Å². The number of amides is 1. The van der Waals surface area contributed by atoms with Crippen molar-refractivity contribution in [3.05, 3.63) is 40.9 Å². The standard InChI is InChI=1S/C19H23N3O4/c1-11-16(12(2)26-21-11)18(23)22-13-6-7-14(22)10-19(24,9-13)15-5-4-8-20-17(15)25-3/h4-5,8,13-14,24H,6-7,9-10H2,1-3H3/t13-,14-/m1/s1. The number of rotatable bonds is 3. The normalized spacial score (nSPS) is 27.6. The third-order valence-electron chi connectivity index (χ3n) is 5.71. The van der Waals surface area contributed by atoms with E-state index in [9.17, 15) is 9.90 Å². The average molecular weight is 357 g/mol. The Morgan fingerprint density at radius 3 is 2.62 bits per heavy atom. The summed E-state index contributed by atoms with van der Waals surface area (Å²) in [4.78, 5) is 19.3. The van der Waals surface area contributed by atoms with E-state index in [1.54, 1.807) is 33.2 Å². The van der Waals surface area contributed by atoms with Gasteiger partial charge in [-0.25, -0.2) is 4.98 Å². The second-order valence-corrected chi connectivity index (χ2v) is 7.30. The lowest BCUT2D eigenvalue weighted by atomic mass is 9.80. The van der Waals surface area contributed by atoms with Crippen molar-refractivity contribution in [1.29, 1.82) is 0 Å². The molecule has 0 aliphatic carbocycles. The van der Waals surface area contributed by atoms with Crippen molar-refractivity contribution in [3.8, 4) is 5.88 Å². The highest BCUT2D eigenvalue weighted by Gasteiger charge is 2.51. The fourth-order valence-electron chi connectivity index (χ4n) is 4.60. The van der Waals surface area contributed by atoms with E-state index >= 15 is 0 Å². The van der Waals surface area contributed by atoms with Crippen LogP contribution in [0.15, 0.2) is 22.9 Å². The van der Waals surface area contributed by atoms with Gasteiger partial charge in [-0.3, -0.25) is 4.79 Å². The molecule has 2 fully saturated rings. The zero-order chi connectivity index (χ0) is 18.5. The molecule has 138 valence electrons. The quantitative estimate of drug-likeness (QED) is 0.907. The highest BCUT2D eigenvalue weighted by molar-refractivity contribution is 5.96. The molecule has 7 nitrogen and oxygen atoms in total. The summed E-state index contributed by atoms with van der Waals surface area (Å²) in [6.07, 6.45) is 4.35. The molecule has 0 saturated carbocycles. The van der Waals surface area contributed by atoms with Gasteiger partial charge in [-0.2, -0.15) is 0 Å². The molecule has 4 rings (SSSR count). The summed E-state index contributed by atoms with van der Waals surface area (Å²) in [5.41, 5.74) is 0.817. The molecule has 2 aliphatic rings. The van der Waals surface area contributed by atoms with Crippen molar-refractivity contribution in [2.24, 2.45) is 0 Å². The van der Waals surface area contributed by atoms with Gasteiger partial charge in [0.2, 0.25) is 5.88 Å². The highest BCUT2D eigenvalue weighted by Crippen LogP contribution is 2.48. The Bertz CT molecular complexity index is 814. The van der Waals surface area contributed by atoms with Crippen molar-refractivity contribution < 1.29 is 19.2 Å². The number of hydrogen-bond acceptors (Lipinski definition) is 6. The third-order valence-corrected chi connectivity index (χ3v) is 5.71. The molecule has 2 aromatic rings. The largest absolute Gasteiger partial charge is 0.481 e. The molecule has 0 unspecified atom stereocenters. The first-order valence-corrected chi connectivity index (χ1v) is 8.92. The summed E-state index contributed by atoms with van der Waals surface area (Å²) in [6.45, 7) is 3.54. The second-order valence-electron chi connectivity index (χ2n) is 7.30. The van der Waals surface area contributed by atoms with Crippen molar-refractivity contribution in [2.75, 3.05) is 7.11 Å². The van der Waals surface area contributed by atoms with Gasteiger partial charge in [0.25, 0.3) is 5.91 Å². The molecule has 1 N–H and O–H groups in total. The Morgan fingerprint density at radius 1 is 1.35 bits per heavy atom. The predicted octanol–water partition coefficient (Wildman–Crippen LogP) is 2.35. The van der Waals surface area contributed by atoms with Gasteiger partial charge >= 0.3 is 0 Å². The Kier molecular flexibility index (Phi) is 3.99. The van der Waals surface area contributed by atoms with Crippen molar-refractivity contribution >= 4 is 5.91 Å². The zero-order valence-electron chi connectivity index (χ0n) is 15.2. The maximum Gasteiger partial charge on any atom is 0.259 e. The van der Waals surface area contributed by atoms with Gasteiger partial charge in [0, 0.05) is 36.7 Å². The molecule has 2 aliphatic heterocycles. The summed E-state index contributed by atoms with van der Waals surface area (Å²) in [6, 6.07) is 3.62. The molecule has 1 amide bonds. The van der Waals surface area contributed by atoms with Crippen LogP contribution < -0.4 is 4.74 Å². The predicted molar refractivity (Wildman–Crippen MR) is 92.9 cm³/mol. The number of carbonyl (C=O) groups is 1. The van der Waals surface area contributed by atoms with Gasteiger partial charge in [-0.05, 0) is 38.8 Å². The monoisotopic (exact) mass is 357 g/mol. The van der Waals surface area contributed by atoms with E-state index in [4.69, 9.17) is 9.26 Å². The maximum absolute atomic E-state index is 13.1. The van der Waals surface area contributed by atoms with Crippen molar-refractivity contribution in [3.63, 3.8) is 0 Å². The number of ether oxygens (including phenoxy) is 1.